The summed E-state index contributed by atoms with van der Waals surface area (Å²) >= 11 is 3.49. The van der Waals surface area contributed by atoms with Gasteiger partial charge in [0.15, 0.2) is 11.5 Å². The van der Waals surface area contributed by atoms with Crippen molar-refractivity contribution in [1.29, 1.82) is 0 Å². The van der Waals surface area contributed by atoms with E-state index < -0.39 is 0 Å². The van der Waals surface area contributed by atoms with E-state index in [1.165, 1.54) is 0 Å². The third-order valence-electron chi connectivity index (χ3n) is 2.30. The van der Waals surface area contributed by atoms with E-state index in [1.54, 1.807) is 12.4 Å². The van der Waals surface area contributed by atoms with Gasteiger partial charge in [-0.15, -0.1) is 10.2 Å². The molecule has 0 atom stereocenters. The average Bonchev–Trinajstić information content (AvgIpc) is 2.75. The molecule has 0 radical (unpaired) electrons. The molecular formula is C11H7BrN4. The summed E-state index contributed by atoms with van der Waals surface area (Å²) in [5, 5.41) is 8.28. The van der Waals surface area contributed by atoms with E-state index in [1.807, 2.05) is 34.7 Å². The van der Waals surface area contributed by atoms with Gasteiger partial charge in [0, 0.05) is 18.0 Å². The van der Waals surface area contributed by atoms with Crippen LogP contribution < -0.4 is 0 Å². The molecule has 5 heteroatoms. The standard InChI is InChI=1S/C11H7BrN4/c12-9-4-1-5-10-14-15-11(16(9)10)8-3-2-6-13-7-8/h1-7H. The number of hydrogen-bond donors (Lipinski definition) is 0. The maximum absolute atomic E-state index is 4.17. The molecule has 3 rings (SSSR count). The van der Waals surface area contributed by atoms with Gasteiger partial charge in [-0.25, -0.2) is 0 Å². The number of pyridine rings is 2. The molecule has 78 valence electrons. The zero-order valence-electron chi connectivity index (χ0n) is 8.21. The van der Waals surface area contributed by atoms with Gasteiger partial charge in [-0.05, 0) is 40.2 Å². The van der Waals surface area contributed by atoms with Crippen LogP contribution in [0.25, 0.3) is 17.0 Å². The van der Waals surface area contributed by atoms with Crippen LogP contribution in [0.5, 0.6) is 0 Å². The lowest BCUT2D eigenvalue weighted by molar-refractivity contribution is 1.10. The predicted octanol–water partition coefficient (Wildman–Crippen LogP) is 2.55. The van der Waals surface area contributed by atoms with Crippen molar-refractivity contribution >= 4 is 21.6 Å². The van der Waals surface area contributed by atoms with Crippen molar-refractivity contribution in [1.82, 2.24) is 19.6 Å². The molecule has 0 aliphatic heterocycles. The molecule has 0 saturated heterocycles. The third kappa shape index (κ3) is 1.40. The van der Waals surface area contributed by atoms with E-state index in [0.717, 1.165) is 21.6 Å². The fraction of sp³-hybridized carbons (Fsp3) is 0. The molecular weight excluding hydrogens is 268 g/mol. The SMILES string of the molecule is Brc1cccc2nnc(-c3cccnc3)n12. The zero-order valence-corrected chi connectivity index (χ0v) is 9.79. The van der Waals surface area contributed by atoms with E-state index >= 15 is 0 Å². The van der Waals surface area contributed by atoms with Crippen LogP contribution in [0.15, 0.2) is 47.3 Å². The summed E-state index contributed by atoms with van der Waals surface area (Å²) in [6, 6.07) is 9.64. The Morgan fingerprint density at radius 3 is 2.81 bits per heavy atom. The molecule has 0 spiro atoms. The van der Waals surface area contributed by atoms with Gasteiger partial charge in [-0.2, -0.15) is 0 Å². The second-order valence-electron chi connectivity index (χ2n) is 3.31. The minimum absolute atomic E-state index is 0.788. The lowest BCUT2D eigenvalue weighted by atomic mass is 10.3. The first-order valence-corrected chi connectivity index (χ1v) is 5.55. The number of nitrogens with zero attached hydrogens (tertiary/aromatic N) is 4. The number of hydrogen-bond acceptors (Lipinski definition) is 3. The highest BCUT2D eigenvalue weighted by Gasteiger charge is 2.09. The second kappa shape index (κ2) is 3.68. The van der Waals surface area contributed by atoms with Gasteiger partial charge in [0.05, 0.1) is 4.60 Å². The van der Waals surface area contributed by atoms with Gasteiger partial charge in [0.2, 0.25) is 0 Å². The molecule has 4 nitrogen and oxygen atoms in total. The summed E-state index contributed by atoms with van der Waals surface area (Å²) in [6.07, 6.45) is 3.51. The smallest absolute Gasteiger partial charge is 0.170 e. The highest BCUT2D eigenvalue weighted by atomic mass is 79.9. The highest BCUT2D eigenvalue weighted by molar-refractivity contribution is 9.10. The summed E-state index contributed by atoms with van der Waals surface area (Å²) < 4.78 is 2.87. The van der Waals surface area contributed by atoms with E-state index in [-0.39, 0.29) is 0 Å². The first kappa shape index (κ1) is 9.47. The Labute approximate surface area is 100 Å². The molecule has 16 heavy (non-hydrogen) atoms. The maximum atomic E-state index is 4.17. The summed E-state index contributed by atoms with van der Waals surface area (Å²) in [5.74, 6) is 0.788. The number of fused-ring (bicyclic) bond motifs is 1. The summed E-state index contributed by atoms with van der Waals surface area (Å²) in [7, 11) is 0. The second-order valence-corrected chi connectivity index (χ2v) is 4.12. The van der Waals surface area contributed by atoms with Gasteiger partial charge >= 0.3 is 0 Å². The quantitative estimate of drug-likeness (QED) is 0.641. The van der Waals surface area contributed by atoms with E-state index in [9.17, 15) is 0 Å². The van der Waals surface area contributed by atoms with Crippen molar-refractivity contribution in [2.24, 2.45) is 0 Å². The first-order valence-electron chi connectivity index (χ1n) is 4.76. The van der Waals surface area contributed by atoms with Crippen LogP contribution in [0.3, 0.4) is 0 Å². The monoisotopic (exact) mass is 274 g/mol. The number of rotatable bonds is 1. The van der Waals surface area contributed by atoms with Crippen LogP contribution in [0.2, 0.25) is 0 Å². The lowest BCUT2D eigenvalue weighted by Gasteiger charge is -2.01. The molecule has 3 heterocycles. The van der Waals surface area contributed by atoms with Crippen molar-refractivity contribution < 1.29 is 0 Å². The van der Waals surface area contributed by atoms with E-state index in [2.05, 4.69) is 31.1 Å². The Bertz CT molecular complexity index is 633. The van der Waals surface area contributed by atoms with Gasteiger partial charge < -0.3 is 0 Å². The Hall–Kier alpha value is -1.75. The Balaban J connectivity index is 2.33. The fourth-order valence-electron chi connectivity index (χ4n) is 1.58. The minimum atomic E-state index is 0.788. The highest BCUT2D eigenvalue weighted by Crippen LogP contribution is 2.21. The fourth-order valence-corrected chi connectivity index (χ4v) is 2.09. The summed E-state index contributed by atoms with van der Waals surface area (Å²) in [5.41, 5.74) is 1.76. The molecule has 0 fully saturated rings. The molecule has 0 amide bonds. The van der Waals surface area contributed by atoms with Crippen LogP contribution >= 0.6 is 15.9 Å². The topological polar surface area (TPSA) is 43.1 Å². The first-order chi connectivity index (χ1) is 7.86. The molecule has 0 aliphatic rings. The van der Waals surface area contributed by atoms with Gasteiger partial charge in [-0.1, -0.05) is 6.07 Å². The number of halogens is 1. The van der Waals surface area contributed by atoms with Crippen molar-refractivity contribution in [3.05, 3.63) is 47.3 Å². The zero-order chi connectivity index (χ0) is 11.0. The van der Waals surface area contributed by atoms with Crippen molar-refractivity contribution in [2.75, 3.05) is 0 Å². The van der Waals surface area contributed by atoms with Crippen LogP contribution in [-0.2, 0) is 0 Å². The van der Waals surface area contributed by atoms with Crippen LogP contribution in [0.1, 0.15) is 0 Å². The number of aromatic nitrogens is 4. The van der Waals surface area contributed by atoms with E-state index in [4.69, 9.17) is 0 Å². The average molecular weight is 275 g/mol. The molecule has 0 unspecified atom stereocenters. The third-order valence-corrected chi connectivity index (χ3v) is 2.92. The molecule has 3 aromatic heterocycles. The summed E-state index contributed by atoms with van der Waals surface area (Å²) in [4.78, 5) is 4.08. The van der Waals surface area contributed by atoms with Gasteiger partial charge in [0.1, 0.15) is 0 Å². The van der Waals surface area contributed by atoms with Crippen LogP contribution in [0, 0.1) is 0 Å². The van der Waals surface area contributed by atoms with Crippen LogP contribution in [0.4, 0.5) is 0 Å². The molecule has 0 saturated carbocycles. The van der Waals surface area contributed by atoms with Crippen LogP contribution in [-0.4, -0.2) is 19.6 Å². The summed E-state index contributed by atoms with van der Waals surface area (Å²) in [6.45, 7) is 0. The van der Waals surface area contributed by atoms with Crippen molar-refractivity contribution in [3.63, 3.8) is 0 Å². The predicted molar refractivity (Wildman–Crippen MR) is 63.9 cm³/mol. The Morgan fingerprint density at radius 1 is 1.06 bits per heavy atom. The molecule has 0 aliphatic carbocycles. The normalized spacial score (nSPS) is 10.8. The largest absolute Gasteiger partial charge is 0.269 e. The van der Waals surface area contributed by atoms with E-state index in [0.29, 0.717) is 0 Å². The van der Waals surface area contributed by atoms with Gasteiger partial charge in [0.25, 0.3) is 0 Å². The van der Waals surface area contributed by atoms with Crippen molar-refractivity contribution in [3.8, 4) is 11.4 Å². The van der Waals surface area contributed by atoms with Gasteiger partial charge in [-0.3, -0.25) is 9.38 Å². The Kier molecular flexibility index (Phi) is 2.18. The molecule has 0 bridgehead atoms. The molecule has 3 aromatic rings. The lowest BCUT2D eigenvalue weighted by Crippen LogP contribution is -1.91. The minimum Gasteiger partial charge on any atom is -0.269 e. The molecule has 0 aromatic carbocycles. The Morgan fingerprint density at radius 2 is 2.00 bits per heavy atom. The maximum Gasteiger partial charge on any atom is 0.170 e. The van der Waals surface area contributed by atoms with Crippen molar-refractivity contribution in [2.45, 2.75) is 0 Å². The molecule has 0 N–H and O–H groups in total.